The maximum absolute atomic E-state index is 11.7. The average molecular weight is 321 g/mol. The minimum atomic E-state index is -0.576. The first-order valence-corrected chi connectivity index (χ1v) is 6.71. The number of nitrogens with one attached hydrogen (secondary N) is 1. The summed E-state index contributed by atoms with van der Waals surface area (Å²) in [6.07, 6.45) is 3.37. The zero-order valence-electron chi connectivity index (χ0n) is 11.7. The van der Waals surface area contributed by atoms with Gasteiger partial charge in [-0.05, 0) is 18.2 Å². The molecular weight excluding hydrogens is 308 g/mol. The number of hydrazone groups is 1. The molecule has 1 aromatic heterocycles. The highest BCUT2D eigenvalue weighted by atomic mass is 35.5. The monoisotopic (exact) mass is 320 g/mol. The van der Waals surface area contributed by atoms with Crippen molar-refractivity contribution in [2.75, 3.05) is 0 Å². The molecule has 0 fully saturated rings. The zero-order chi connectivity index (χ0) is 16.1. The number of nitro benzene ring substituents is 1. The van der Waals surface area contributed by atoms with Gasteiger partial charge in [0.1, 0.15) is 5.02 Å². The van der Waals surface area contributed by atoms with Gasteiger partial charge in [0.15, 0.2) is 0 Å². The van der Waals surface area contributed by atoms with E-state index in [1.165, 1.54) is 18.3 Å². The molecule has 1 N–H and O–H groups in total. The molecule has 0 unspecified atom stereocenters. The van der Waals surface area contributed by atoms with Gasteiger partial charge in [-0.25, -0.2) is 5.43 Å². The fourth-order valence-corrected chi connectivity index (χ4v) is 2.00. The van der Waals surface area contributed by atoms with Crippen molar-refractivity contribution >= 4 is 29.4 Å². The van der Waals surface area contributed by atoms with Gasteiger partial charge in [-0.2, -0.15) is 5.10 Å². The van der Waals surface area contributed by atoms with Crippen LogP contribution in [0.3, 0.4) is 0 Å². The molecule has 0 saturated carbocycles. The number of aryl methyl sites for hydroxylation is 1. The average Bonchev–Trinajstić information content (AvgIpc) is 2.85. The van der Waals surface area contributed by atoms with E-state index >= 15 is 0 Å². The Kier molecular flexibility index (Phi) is 4.90. The topological polar surface area (TPSA) is 89.5 Å². The van der Waals surface area contributed by atoms with Crippen LogP contribution >= 0.6 is 11.6 Å². The van der Waals surface area contributed by atoms with Crippen LogP contribution < -0.4 is 5.43 Å². The van der Waals surface area contributed by atoms with Crippen molar-refractivity contribution in [1.29, 1.82) is 0 Å². The molecule has 1 heterocycles. The summed E-state index contributed by atoms with van der Waals surface area (Å²) in [5, 5.41) is 14.6. The third kappa shape index (κ3) is 3.92. The first kappa shape index (κ1) is 15.7. The summed E-state index contributed by atoms with van der Waals surface area (Å²) in [6, 6.07) is 7.95. The van der Waals surface area contributed by atoms with Crippen molar-refractivity contribution in [3.8, 4) is 0 Å². The standard InChI is InChI=1S/C14H13ClN4O3/c1-18-6-2-3-11(18)8-14(20)17-16-9-10-4-5-12(15)13(7-10)19(21)22/h2-7,9H,8H2,1H3,(H,17,20)/b16-9+. The normalized spacial score (nSPS) is 10.8. The zero-order valence-corrected chi connectivity index (χ0v) is 12.4. The Morgan fingerprint density at radius 2 is 2.27 bits per heavy atom. The molecule has 0 atom stereocenters. The molecule has 2 aromatic rings. The number of benzene rings is 1. The number of hydrogen-bond donors (Lipinski definition) is 1. The van der Waals surface area contributed by atoms with E-state index in [0.717, 1.165) is 5.69 Å². The Hall–Kier alpha value is -2.67. The first-order valence-electron chi connectivity index (χ1n) is 6.33. The number of halogens is 1. The van der Waals surface area contributed by atoms with E-state index in [1.807, 2.05) is 29.9 Å². The maximum Gasteiger partial charge on any atom is 0.288 e. The van der Waals surface area contributed by atoms with Crippen LogP contribution in [0.25, 0.3) is 0 Å². The third-order valence-corrected chi connectivity index (χ3v) is 3.28. The molecule has 1 aromatic carbocycles. The quantitative estimate of drug-likeness (QED) is 0.520. The lowest BCUT2D eigenvalue weighted by Crippen LogP contribution is -2.20. The van der Waals surface area contributed by atoms with Crippen LogP contribution in [-0.2, 0) is 18.3 Å². The van der Waals surface area contributed by atoms with E-state index in [1.54, 1.807) is 6.07 Å². The van der Waals surface area contributed by atoms with Gasteiger partial charge in [-0.1, -0.05) is 17.7 Å². The molecule has 0 saturated heterocycles. The van der Waals surface area contributed by atoms with Crippen molar-refractivity contribution in [1.82, 2.24) is 9.99 Å². The number of rotatable bonds is 5. The number of carbonyl (C=O) groups is 1. The summed E-state index contributed by atoms with van der Waals surface area (Å²) in [5.74, 6) is -0.276. The minimum absolute atomic E-state index is 0.0508. The smallest absolute Gasteiger partial charge is 0.288 e. The highest BCUT2D eigenvalue weighted by Gasteiger charge is 2.11. The molecule has 1 amide bonds. The summed E-state index contributed by atoms with van der Waals surface area (Å²) in [5.41, 5.74) is 3.49. The van der Waals surface area contributed by atoms with Crippen LogP contribution in [0.1, 0.15) is 11.3 Å². The number of nitrogens with zero attached hydrogens (tertiary/aromatic N) is 3. The van der Waals surface area contributed by atoms with Crippen LogP contribution in [-0.4, -0.2) is 21.6 Å². The molecule has 7 nitrogen and oxygen atoms in total. The van der Waals surface area contributed by atoms with Gasteiger partial charge in [0, 0.05) is 30.6 Å². The molecular formula is C14H13ClN4O3. The Bertz CT molecular complexity index is 739. The van der Waals surface area contributed by atoms with E-state index in [-0.39, 0.29) is 23.0 Å². The number of aromatic nitrogens is 1. The van der Waals surface area contributed by atoms with Crippen LogP contribution in [0.4, 0.5) is 5.69 Å². The number of hydrogen-bond acceptors (Lipinski definition) is 4. The molecule has 0 aliphatic rings. The third-order valence-electron chi connectivity index (χ3n) is 2.96. The van der Waals surface area contributed by atoms with E-state index in [4.69, 9.17) is 11.6 Å². The van der Waals surface area contributed by atoms with Crippen molar-refractivity contribution < 1.29 is 9.72 Å². The van der Waals surface area contributed by atoms with Gasteiger partial charge in [0.25, 0.3) is 5.69 Å². The fraction of sp³-hybridized carbons (Fsp3) is 0.143. The van der Waals surface area contributed by atoms with E-state index in [0.29, 0.717) is 5.56 Å². The number of amides is 1. The highest BCUT2D eigenvalue weighted by Crippen LogP contribution is 2.24. The predicted octanol–water partition coefficient (Wildman–Crippen LogP) is 2.28. The van der Waals surface area contributed by atoms with Crippen LogP contribution in [0.5, 0.6) is 0 Å². The second kappa shape index (κ2) is 6.86. The molecule has 8 heteroatoms. The molecule has 0 bridgehead atoms. The molecule has 0 aliphatic heterocycles. The van der Waals surface area contributed by atoms with Crippen LogP contribution in [0, 0.1) is 10.1 Å². The van der Waals surface area contributed by atoms with Gasteiger partial charge < -0.3 is 4.57 Å². The largest absolute Gasteiger partial charge is 0.354 e. The Morgan fingerprint density at radius 3 is 2.91 bits per heavy atom. The van der Waals surface area contributed by atoms with Crippen molar-refractivity contribution in [2.45, 2.75) is 6.42 Å². The highest BCUT2D eigenvalue weighted by molar-refractivity contribution is 6.32. The summed E-state index contributed by atoms with van der Waals surface area (Å²) in [6.45, 7) is 0. The summed E-state index contributed by atoms with van der Waals surface area (Å²) < 4.78 is 1.84. The molecule has 2 rings (SSSR count). The summed E-state index contributed by atoms with van der Waals surface area (Å²) >= 11 is 5.71. The van der Waals surface area contributed by atoms with E-state index in [2.05, 4.69) is 10.5 Å². The fourth-order valence-electron chi connectivity index (χ4n) is 1.81. The Morgan fingerprint density at radius 1 is 1.50 bits per heavy atom. The Labute approximate surface area is 131 Å². The SMILES string of the molecule is Cn1cccc1CC(=O)N/N=C/c1ccc(Cl)c([N+](=O)[O-])c1. The van der Waals surface area contributed by atoms with Gasteiger partial charge in [-0.15, -0.1) is 0 Å². The predicted molar refractivity (Wildman–Crippen MR) is 83.0 cm³/mol. The van der Waals surface area contributed by atoms with Crippen molar-refractivity contribution in [3.05, 3.63) is 62.9 Å². The van der Waals surface area contributed by atoms with Crippen LogP contribution in [0.2, 0.25) is 5.02 Å². The number of carbonyl (C=O) groups excluding carboxylic acids is 1. The first-order chi connectivity index (χ1) is 10.5. The van der Waals surface area contributed by atoms with Gasteiger partial charge in [0.05, 0.1) is 17.6 Å². The molecule has 0 aliphatic carbocycles. The van der Waals surface area contributed by atoms with Gasteiger partial charge in [-0.3, -0.25) is 14.9 Å². The molecule has 0 radical (unpaired) electrons. The van der Waals surface area contributed by atoms with Gasteiger partial charge in [0.2, 0.25) is 5.91 Å². The lowest BCUT2D eigenvalue weighted by molar-refractivity contribution is -0.384. The van der Waals surface area contributed by atoms with Crippen molar-refractivity contribution in [3.63, 3.8) is 0 Å². The molecule has 114 valence electrons. The second-order valence-corrected chi connectivity index (χ2v) is 4.96. The van der Waals surface area contributed by atoms with Crippen LogP contribution in [0.15, 0.2) is 41.6 Å². The van der Waals surface area contributed by atoms with E-state index in [9.17, 15) is 14.9 Å². The molecule has 22 heavy (non-hydrogen) atoms. The molecule has 0 spiro atoms. The second-order valence-electron chi connectivity index (χ2n) is 4.55. The number of nitro groups is 1. The lowest BCUT2D eigenvalue weighted by atomic mass is 10.2. The summed E-state index contributed by atoms with van der Waals surface area (Å²) in [4.78, 5) is 21.9. The Balaban J connectivity index is 1.98. The maximum atomic E-state index is 11.7. The summed E-state index contributed by atoms with van der Waals surface area (Å²) in [7, 11) is 1.85. The van der Waals surface area contributed by atoms with Gasteiger partial charge >= 0.3 is 0 Å². The van der Waals surface area contributed by atoms with Crippen molar-refractivity contribution in [2.24, 2.45) is 12.1 Å². The van der Waals surface area contributed by atoms with E-state index < -0.39 is 4.92 Å². The minimum Gasteiger partial charge on any atom is -0.354 e. The lowest BCUT2D eigenvalue weighted by Gasteiger charge is -2.02.